The smallest absolute Gasteiger partial charge is 0.220 e. The minimum Gasteiger partial charge on any atom is -0.497 e. The molecule has 26 heavy (non-hydrogen) atoms. The molecular formula is C20H31N3O3. The number of hydrogen-bond acceptors (Lipinski definition) is 5. The van der Waals surface area contributed by atoms with E-state index in [1.807, 2.05) is 18.2 Å². The van der Waals surface area contributed by atoms with Crippen LogP contribution >= 0.6 is 0 Å². The minimum atomic E-state index is 0.193. The predicted molar refractivity (Wildman–Crippen MR) is 103 cm³/mol. The van der Waals surface area contributed by atoms with Crippen LogP contribution in [0.2, 0.25) is 0 Å². The Kier molecular flexibility index (Phi) is 6.61. The summed E-state index contributed by atoms with van der Waals surface area (Å²) in [6, 6.07) is 5.97. The first-order chi connectivity index (χ1) is 12.7. The molecule has 144 valence electrons. The number of nitrogens with one attached hydrogen (secondary N) is 2. The molecule has 1 aromatic rings. The van der Waals surface area contributed by atoms with Crippen LogP contribution in [0.25, 0.3) is 0 Å². The van der Waals surface area contributed by atoms with Crippen molar-refractivity contribution in [2.24, 2.45) is 11.8 Å². The minimum absolute atomic E-state index is 0.193. The summed E-state index contributed by atoms with van der Waals surface area (Å²) in [5.74, 6) is 2.96. The second kappa shape index (κ2) is 9.12. The summed E-state index contributed by atoms with van der Waals surface area (Å²) in [6.45, 7) is 4.86. The van der Waals surface area contributed by atoms with Gasteiger partial charge in [-0.2, -0.15) is 0 Å². The molecule has 2 heterocycles. The predicted octanol–water partition coefficient (Wildman–Crippen LogP) is 2.04. The van der Waals surface area contributed by atoms with Gasteiger partial charge in [0.15, 0.2) is 0 Å². The van der Waals surface area contributed by atoms with Crippen molar-refractivity contribution in [3.8, 4) is 11.5 Å². The first-order valence-corrected chi connectivity index (χ1v) is 9.63. The van der Waals surface area contributed by atoms with Crippen LogP contribution in [-0.4, -0.2) is 52.9 Å². The monoisotopic (exact) mass is 361 g/mol. The summed E-state index contributed by atoms with van der Waals surface area (Å²) in [5, 5.41) is 6.48. The van der Waals surface area contributed by atoms with Crippen molar-refractivity contribution < 1.29 is 14.3 Å². The highest BCUT2D eigenvalue weighted by atomic mass is 16.5. The summed E-state index contributed by atoms with van der Waals surface area (Å²) in [5.41, 5.74) is 1.11. The van der Waals surface area contributed by atoms with Crippen LogP contribution in [-0.2, 0) is 4.79 Å². The Morgan fingerprint density at radius 2 is 1.96 bits per heavy atom. The van der Waals surface area contributed by atoms with E-state index in [-0.39, 0.29) is 5.91 Å². The van der Waals surface area contributed by atoms with Crippen molar-refractivity contribution >= 4 is 11.6 Å². The zero-order valence-corrected chi connectivity index (χ0v) is 15.9. The van der Waals surface area contributed by atoms with Gasteiger partial charge in [0.1, 0.15) is 11.5 Å². The van der Waals surface area contributed by atoms with E-state index >= 15 is 0 Å². The van der Waals surface area contributed by atoms with Gasteiger partial charge in [0.05, 0.1) is 14.2 Å². The Bertz CT molecular complexity index is 580. The van der Waals surface area contributed by atoms with E-state index in [2.05, 4.69) is 15.5 Å². The lowest BCUT2D eigenvalue weighted by atomic mass is 10.0. The summed E-state index contributed by atoms with van der Waals surface area (Å²) in [6.07, 6.45) is 3.94. The summed E-state index contributed by atoms with van der Waals surface area (Å²) in [7, 11) is 3.34. The molecule has 0 saturated carbocycles. The number of carbonyl (C=O) groups is 1. The molecule has 0 aromatic heterocycles. The molecule has 1 aromatic carbocycles. The average molecular weight is 361 g/mol. The summed E-state index contributed by atoms with van der Waals surface area (Å²) < 4.78 is 10.7. The highest BCUT2D eigenvalue weighted by molar-refractivity contribution is 5.75. The van der Waals surface area contributed by atoms with Gasteiger partial charge >= 0.3 is 0 Å². The zero-order chi connectivity index (χ0) is 18.4. The van der Waals surface area contributed by atoms with Crippen molar-refractivity contribution in [2.45, 2.75) is 25.7 Å². The lowest BCUT2D eigenvalue weighted by Crippen LogP contribution is -2.31. The maximum absolute atomic E-state index is 12.1. The number of rotatable bonds is 8. The highest BCUT2D eigenvalue weighted by Crippen LogP contribution is 2.31. The third-order valence-corrected chi connectivity index (χ3v) is 5.52. The molecular weight excluding hydrogens is 330 g/mol. The molecule has 2 atom stereocenters. The van der Waals surface area contributed by atoms with E-state index in [1.54, 1.807) is 14.2 Å². The van der Waals surface area contributed by atoms with Crippen LogP contribution in [0.5, 0.6) is 11.5 Å². The molecule has 2 unspecified atom stereocenters. The van der Waals surface area contributed by atoms with Gasteiger partial charge in [-0.1, -0.05) is 0 Å². The number of benzene rings is 1. The fourth-order valence-corrected chi connectivity index (χ4v) is 3.85. The lowest BCUT2D eigenvalue weighted by Gasteiger charge is -2.20. The van der Waals surface area contributed by atoms with Crippen LogP contribution in [0.15, 0.2) is 18.2 Å². The van der Waals surface area contributed by atoms with Gasteiger partial charge in [0.25, 0.3) is 0 Å². The second-order valence-electron chi connectivity index (χ2n) is 7.37. The van der Waals surface area contributed by atoms with Crippen LogP contribution in [0.1, 0.15) is 25.7 Å². The number of anilines is 1. The van der Waals surface area contributed by atoms with Crippen molar-refractivity contribution in [3.05, 3.63) is 18.2 Å². The standard InChI is InChI=1S/C20H31N3O3/c1-25-18-9-17(10-19(11-18)26-2)23-8-6-16(14-23)13-22-20(24)4-3-15-5-7-21-12-15/h9-11,15-16,21H,3-8,12-14H2,1-2H3,(H,22,24). The van der Waals surface area contributed by atoms with Crippen LogP contribution in [0, 0.1) is 11.8 Å². The third-order valence-electron chi connectivity index (χ3n) is 5.52. The van der Waals surface area contributed by atoms with Crippen molar-refractivity contribution in [1.82, 2.24) is 10.6 Å². The van der Waals surface area contributed by atoms with E-state index in [1.165, 1.54) is 6.42 Å². The largest absolute Gasteiger partial charge is 0.497 e. The summed E-state index contributed by atoms with van der Waals surface area (Å²) in [4.78, 5) is 14.4. The average Bonchev–Trinajstić information content (AvgIpc) is 3.36. The molecule has 0 spiro atoms. The topological polar surface area (TPSA) is 62.8 Å². The number of nitrogens with zero attached hydrogens (tertiary/aromatic N) is 1. The Morgan fingerprint density at radius 3 is 2.62 bits per heavy atom. The number of ether oxygens (including phenoxy) is 2. The SMILES string of the molecule is COc1cc(OC)cc(N2CCC(CNC(=O)CCC3CCNC3)C2)c1. The van der Waals surface area contributed by atoms with Gasteiger partial charge in [0.2, 0.25) is 5.91 Å². The quantitative estimate of drug-likeness (QED) is 0.742. The maximum Gasteiger partial charge on any atom is 0.220 e. The molecule has 2 aliphatic rings. The number of amides is 1. The van der Waals surface area contributed by atoms with Crippen molar-refractivity contribution in [1.29, 1.82) is 0 Å². The Morgan fingerprint density at radius 1 is 1.19 bits per heavy atom. The Hall–Kier alpha value is -1.95. The molecule has 2 fully saturated rings. The first kappa shape index (κ1) is 18.8. The van der Waals surface area contributed by atoms with Gasteiger partial charge in [-0.05, 0) is 44.2 Å². The van der Waals surface area contributed by atoms with Crippen molar-refractivity contribution in [3.63, 3.8) is 0 Å². The fraction of sp³-hybridized carbons (Fsp3) is 0.650. The van der Waals surface area contributed by atoms with Gasteiger partial charge in [-0.3, -0.25) is 4.79 Å². The lowest BCUT2D eigenvalue weighted by molar-refractivity contribution is -0.121. The molecule has 6 heteroatoms. The van der Waals surface area contributed by atoms with E-state index in [9.17, 15) is 4.79 Å². The normalized spacial score (nSPS) is 22.5. The van der Waals surface area contributed by atoms with Crippen LogP contribution < -0.4 is 25.0 Å². The maximum atomic E-state index is 12.1. The molecule has 3 rings (SSSR count). The van der Waals surface area contributed by atoms with E-state index in [0.717, 1.165) is 62.8 Å². The molecule has 0 bridgehead atoms. The molecule has 2 N–H and O–H groups in total. The molecule has 1 amide bonds. The van der Waals surface area contributed by atoms with Gasteiger partial charge in [-0.25, -0.2) is 0 Å². The van der Waals surface area contributed by atoms with E-state index < -0.39 is 0 Å². The number of methoxy groups -OCH3 is 2. The van der Waals surface area contributed by atoms with Gasteiger partial charge < -0.3 is 25.0 Å². The fourth-order valence-electron chi connectivity index (χ4n) is 3.85. The van der Waals surface area contributed by atoms with E-state index in [0.29, 0.717) is 18.3 Å². The zero-order valence-electron chi connectivity index (χ0n) is 15.9. The molecule has 0 radical (unpaired) electrons. The van der Waals surface area contributed by atoms with Crippen LogP contribution in [0.4, 0.5) is 5.69 Å². The number of hydrogen-bond donors (Lipinski definition) is 2. The Labute approximate surface area is 156 Å². The number of carbonyl (C=O) groups excluding carboxylic acids is 1. The molecule has 2 aliphatic heterocycles. The Balaban J connectivity index is 1.44. The molecule has 0 aliphatic carbocycles. The second-order valence-corrected chi connectivity index (χ2v) is 7.37. The summed E-state index contributed by atoms with van der Waals surface area (Å²) >= 11 is 0. The van der Waals surface area contributed by atoms with Gasteiger partial charge in [0, 0.05) is 49.9 Å². The van der Waals surface area contributed by atoms with E-state index in [4.69, 9.17) is 9.47 Å². The molecule has 2 saturated heterocycles. The third kappa shape index (κ3) is 5.04. The first-order valence-electron chi connectivity index (χ1n) is 9.63. The van der Waals surface area contributed by atoms with Crippen LogP contribution in [0.3, 0.4) is 0 Å². The molecule has 6 nitrogen and oxygen atoms in total. The van der Waals surface area contributed by atoms with Gasteiger partial charge in [-0.15, -0.1) is 0 Å². The highest BCUT2D eigenvalue weighted by Gasteiger charge is 2.24. The van der Waals surface area contributed by atoms with Crippen molar-refractivity contribution in [2.75, 3.05) is 51.8 Å².